The highest BCUT2D eigenvalue weighted by Crippen LogP contribution is 2.15. The molecule has 0 aliphatic rings. The van der Waals surface area contributed by atoms with Gasteiger partial charge in [0.2, 0.25) is 0 Å². The topological polar surface area (TPSA) is 118 Å². The Morgan fingerprint density at radius 1 is 0.375 bits per heavy atom. The van der Waals surface area contributed by atoms with Crippen molar-refractivity contribution in [1.29, 1.82) is 0 Å². The van der Waals surface area contributed by atoms with Crippen LogP contribution in [0.15, 0.2) is 0 Å². The molecule has 0 saturated carbocycles. The Hall–Kier alpha value is -1.18. The van der Waals surface area contributed by atoms with Crippen molar-refractivity contribution in [1.82, 2.24) is 4.90 Å². The molecule has 0 radical (unpaired) electrons. The fraction of sp³-hybridized carbons (Fsp3) is 0.951. The van der Waals surface area contributed by atoms with E-state index in [2.05, 4.69) is 13.8 Å². The van der Waals surface area contributed by atoms with Crippen LogP contribution in [0.2, 0.25) is 0 Å². The number of carboxylic acids is 2. The van der Waals surface area contributed by atoms with Crippen molar-refractivity contribution in [3.8, 4) is 0 Å². The maximum Gasteiger partial charge on any atom is 0.303 e. The molecule has 48 heavy (non-hydrogen) atoms. The number of unbranched alkanes of at least 4 members (excludes halogenated alkanes) is 28. The molecule has 0 saturated heterocycles. The number of likely N-dealkylation sites (N-methyl/N-ethyl adjacent to an activating group) is 1. The Bertz CT molecular complexity index is 553. The summed E-state index contributed by atoms with van der Waals surface area (Å²) in [6, 6.07) is 0. The molecule has 0 heterocycles. The fourth-order valence-electron chi connectivity index (χ4n) is 5.75. The molecule has 0 amide bonds. The molecule has 0 aliphatic heterocycles. The van der Waals surface area contributed by atoms with Crippen LogP contribution >= 0.6 is 0 Å². The predicted molar refractivity (Wildman–Crippen MR) is 206 cm³/mol. The van der Waals surface area contributed by atoms with Crippen LogP contribution in [0.25, 0.3) is 0 Å². The van der Waals surface area contributed by atoms with Gasteiger partial charge in [0, 0.05) is 25.9 Å². The van der Waals surface area contributed by atoms with Gasteiger partial charge in [-0.05, 0) is 19.9 Å². The van der Waals surface area contributed by atoms with E-state index >= 15 is 0 Å². The summed E-state index contributed by atoms with van der Waals surface area (Å²) in [7, 11) is 1.85. The summed E-state index contributed by atoms with van der Waals surface area (Å²) in [5.74, 6) is -1.31. The standard InChI is InChI=1S/2C18H36O2.C5H13NO2/c2*1-2-3-4-5-6-7-8-9-10-11-12-13-14-15-16-17-18(19)20;1-6(2-4-7)3-5-8/h2*2-17H2,1H3,(H,19,20);7-8H,2-5H2,1H3. The third-order valence-corrected chi connectivity index (χ3v) is 8.95. The Labute approximate surface area is 299 Å². The number of hydrogen-bond acceptors (Lipinski definition) is 5. The average molecular weight is 688 g/mol. The Balaban J connectivity index is -0.000000689. The number of aliphatic hydroxyl groups excluding tert-OH is 2. The zero-order valence-electron chi connectivity index (χ0n) is 32.5. The summed E-state index contributed by atoms with van der Waals surface area (Å²) in [4.78, 5) is 22.5. The molecule has 7 heteroatoms. The number of hydrogen-bond donors (Lipinski definition) is 4. The minimum atomic E-state index is -0.653. The number of aliphatic hydroxyl groups is 2. The van der Waals surface area contributed by atoms with Gasteiger partial charge >= 0.3 is 11.9 Å². The lowest BCUT2D eigenvalue weighted by atomic mass is 10.0. The molecule has 0 atom stereocenters. The van der Waals surface area contributed by atoms with Crippen molar-refractivity contribution in [2.75, 3.05) is 33.4 Å². The van der Waals surface area contributed by atoms with Crippen LogP contribution in [0, 0.1) is 0 Å². The van der Waals surface area contributed by atoms with Gasteiger partial charge in [-0.25, -0.2) is 0 Å². The summed E-state index contributed by atoms with van der Waals surface area (Å²) in [5, 5.41) is 33.7. The van der Waals surface area contributed by atoms with Gasteiger partial charge in [0.25, 0.3) is 0 Å². The second-order valence-corrected chi connectivity index (χ2v) is 13.9. The van der Waals surface area contributed by atoms with E-state index < -0.39 is 11.9 Å². The largest absolute Gasteiger partial charge is 0.481 e. The second-order valence-electron chi connectivity index (χ2n) is 13.9. The third kappa shape index (κ3) is 57.1. The van der Waals surface area contributed by atoms with Gasteiger partial charge in [-0.1, -0.05) is 194 Å². The van der Waals surface area contributed by atoms with E-state index in [-0.39, 0.29) is 13.2 Å². The van der Waals surface area contributed by atoms with Crippen molar-refractivity contribution in [3.63, 3.8) is 0 Å². The van der Waals surface area contributed by atoms with Crippen molar-refractivity contribution in [3.05, 3.63) is 0 Å². The van der Waals surface area contributed by atoms with Gasteiger partial charge in [0.1, 0.15) is 0 Å². The first-order valence-corrected chi connectivity index (χ1v) is 20.7. The molecule has 0 spiro atoms. The first-order chi connectivity index (χ1) is 23.3. The molecular formula is C41H85NO6. The van der Waals surface area contributed by atoms with E-state index in [0.717, 1.165) is 25.7 Å². The maximum atomic E-state index is 10.3. The molecule has 0 bridgehead atoms. The van der Waals surface area contributed by atoms with E-state index in [1.165, 1.54) is 167 Å². The highest BCUT2D eigenvalue weighted by molar-refractivity contribution is 5.66. The number of nitrogens with zero attached hydrogens (tertiary/aromatic N) is 1. The van der Waals surface area contributed by atoms with E-state index in [0.29, 0.717) is 25.9 Å². The van der Waals surface area contributed by atoms with Crippen LogP contribution in [0.4, 0.5) is 0 Å². The molecule has 0 aromatic carbocycles. The number of carboxylic acid groups (broad SMARTS) is 2. The molecule has 290 valence electrons. The molecule has 0 fully saturated rings. The van der Waals surface area contributed by atoms with E-state index in [9.17, 15) is 9.59 Å². The van der Waals surface area contributed by atoms with Gasteiger partial charge in [-0.15, -0.1) is 0 Å². The van der Waals surface area contributed by atoms with E-state index in [1.54, 1.807) is 0 Å². The molecule has 0 aromatic rings. The molecule has 0 aromatic heterocycles. The number of rotatable bonds is 36. The Morgan fingerprint density at radius 3 is 0.729 bits per heavy atom. The van der Waals surface area contributed by atoms with Crippen LogP contribution in [0.3, 0.4) is 0 Å². The van der Waals surface area contributed by atoms with E-state index in [4.69, 9.17) is 20.4 Å². The summed E-state index contributed by atoms with van der Waals surface area (Å²) in [6.07, 6.45) is 40.4. The summed E-state index contributed by atoms with van der Waals surface area (Å²) < 4.78 is 0. The van der Waals surface area contributed by atoms with Gasteiger partial charge in [0.05, 0.1) is 13.2 Å². The van der Waals surface area contributed by atoms with Crippen molar-refractivity contribution in [2.45, 2.75) is 219 Å². The molecule has 0 unspecified atom stereocenters. The van der Waals surface area contributed by atoms with Gasteiger partial charge in [-0.3, -0.25) is 9.59 Å². The SMILES string of the molecule is CCCCCCCCCCCCCCCCCC(=O)O.CCCCCCCCCCCCCCCCCC(=O)O.CN(CCO)CCO. The molecule has 0 rings (SSSR count). The smallest absolute Gasteiger partial charge is 0.303 e. The Morgan fingerprint density at radius 2 is 0.562 bits per heavy atom. The predicted octanol–water partition coefficient (Wildman–Crippen LogP) is 11.6. The highest BCUT2D eigenvalue weighted by atomic mass is 16.4. The van der Waals surface area contributed by atoms with Gasteiger partial charge in [0.15, 0.2) is 0 Å². The van der Waals surface area contributed by atoms with Crippen LogP contribution in [-0.4, -0.2) is 70.6 Å². The van der Waals surface area contributed by atoms with Gasteiger partial charge < -0.3 is 25.3 Å². The lowest BCUT2D eigenvalue weighted by Crippen LogP contribution is -2.25. The number of aliphatic carboxylic acids is 2. The molecular weight excluding hydrogens is 602 g/mol. The zero-order valence-corrected chi connectivity index (χ0v) is 32.5. The monoisotopic (exact) mass is 688 g/mol. The summed E-state index contributed by atoms with van der Waals surface area (Å²) >= 11 is 0. The van der Waals surface area contributed by atoms with Gasteiger partial charge in [-0.2, -0.15) is 0 Å². The second kappa shape index (κ2) is 47.9. The van der Waals surface area contributed by atoms with Crippen LogP contribution < -0.4 is 0 Å². The average Bonchev–Trinajstić information content (AvgIpc) is 3.05. The normalized spacial score (nSPS) is 10.8. The van der Waals surface area contributed by atoms with Crippen molar-refractivity contribution >= 4 is 11.9 Å². The van der Waals surface area contributed by atoms with E-state index in [1.807, 2.05) is 11.9 Å². The minimum Gasteiger partial charge on any atom is -0.481 e. The van der Waals surface area contributed by atoms with Crippen LogP contribution in [-0.2, 0) is 9.59 Å². The van der Waals surface area contributed by atoms with Crippen LogP contribution in [0.1, 0.15) is 219 Å². The molecule has 0 aliphatic carbocycles. The Kier molecular flexibility index (Phi) is 51.1. The quantitative estimate of drug-likeness (QED) is 0.0484. The lowest BCUT2D eigenvalue weighted by molar-refractivity contribution is -0.138. The molecule has 4 N–H and O–H groups in total. The highest BCUT2D eigenvalue weighted by Gasteiger charge is 1.99. The molecule has 7 nitrogen and oxygen atoms in total. The minimum absolute atomic E-state index is 0.163. The number of carbonyl (C=O) groups is 2. The maximum absolute atomic E-state index is 10.3. The van der Waals surface area contributed by atoms with Crippen molar-refractivity contribution in [2.24, 2.45) is 0 Å². The summed E-state index contributed by atoms with van der Waals surface area (Å²) in [6.45, 7) is 6.15. The third-order valence-electron chi connectivity index (χ3n) is 8.95. The first kappa shape index (κ1) is 51.2. The first-order valence-electron chi connectivity index (χ1n) is 20.7. The lowest BCUT2D eigenvalue weighted by Gasteiger charge is -2.11. The van der Waals surface area contributed by atoms with Crippen LogP contribution in [0.5, 0.6) is 0 Å². The summed E-state index contributed by atoms with van der Waals surface area (Å²) in [5.41, 5.74) is 0. The van der Waals surface area contributed by atoms with Crippen molar-refractivity contribution < 1.29 is 30.0 Å². The zero-order chi connectivity index (χ0) is 36.2. The fourth-order valence-corrected chi connectivity index (χ4v) is 5.75.